The number of carbonyl (C=O) groups is 1. The molecule has 0 saturated heterocycles. The van der Waals surface area contributed by atoms with E-state index in [0.29, 0.717) is 18.6 Å². The van der Waals surface area contributed by atoms with Crippen molar-refractivity contribution >= 4 is 5.78 Å². The average molecular weight is 695 g/mol. The van der Waals surface area contributed by atoms with Crippen molar-refractivity contribution < 1.29 is 4.79 Å². The fraction of sp³-hybridized carbons (Fsp3) is 0.510. The van der Waals surface area contributed by atoms with E-state index in [1.54, 1.807) is 0 Å². The normalized spacial score (nSPS) is 20.5. The maximum absolute atomic E-state index is 12.8. The van der Waals surface area contributed by atoms with E-state index < -0.39 is 0 Å². The molecule has 4 aromatic carbocycles. The highest BCUT2D eigenvalue weighted by Crippen LogP contribution is 2.39. The fourth-order valence-corrected chi connectivity index (χ4v) is 9.25. The van der Waals surface area contributed by atoms with E-state index in [-0.39, 0.29) is 0 Å². The molecule has 0 atom stereocenters. The van der Waals surface area contributed by atoms with Crippen molar-refractivity contribution in [3.05, 3.63) is 119 Å². The molecule has 0 heterocycles. The summed E-state index contributed by atoms with van der Waals surface area (Å²) in [6.45, 7) is 4.61. The Bertz CT molecular complexity index is 1470. The van der Waals surface area contributed by atoms with Gasteiger partial charge in [-0.2, -0.15) is 0 Å². The highest BCUT2D eigenvalue weighted by Gasteiger charge is 2.23. The van der Waals surface area contributed by atoms with E-state index in [9.17, 15) is 4.79 Å². The van der Waals surface area contributed by atoms with Gasteiger partial charge in [0, 0.05) is 12.8 Å². The van der Waals surface area contributed by atoms with Gasteiger partial charge in [0.15, 0.2) is 0 Å². The van der Waals surface area contributed by atoms with Gasteiger partial charge in [-0.1, -0.05) is 162 Å². The first-order chi connectivity index (χ1) is 25.6. The number of unbranched alkanes of at least 4 members (excludes halogenated alkanes) is 4. The summed E-state index contributed by atoms with van der Waals surface area (Å²) in [7, 11) is 0. The number of carbonyl (C=O) groups excluding carboxylic acids is 1. The molecular weight excluding hydrogens is 629 g/mol. The molecule has 0 aliphatic heterocycles. The van der Waals surface area contributed by atoms with Crippen LogP contribution >= 0.6 is 0 Å². The van der Waals surface area contributed by atoms with Gasteiger partial charge in [-0.25, -0.2) is 0 Å². The molecule has 276 valence electrons. The third-order valence-electron chi connectivity index (χ3n) is 12.8. The number of hydrogen-bond donors (Lipinski definition) is 0. The van der Waals surface area contributed by atoms with Gasteiger partial charge < -0.3 is 0 Å². The molecule has 4 aromatic rings. The lowest BCUT2D eigenvalue weighted by atomic mass is 9.77. The van der Waals surface area contributed by atoms with Crippen molar-refractivity contribution in [3.63, 3.8) is 0 Å². The maximum atomic E-state index is 12.8. The first-order valence-electron chi connectivity index (χ1n) is 21.5. The van der Waals surface area contributed by atoms with Crippen LogP contribution in [0.3, 0.4) is 0 Å². The third kappa shape index (κ3) is 11.3. The van der Waals surface area contributed by atoms with E-state index in [1.807, 2.05) is 0 Å². The van der Waals surface area contributed by atoms with Crippen molar-refractivity contribution in [2.75, 3.05) is 0 Å². The molecule has 0 radical (unpaired) electrons. The summed E-state index contributed by atoms with van der Waals surface area (Å²) in [5.74, 6) is 3.74. The lowest BCUT2D eigenvalue weighted by Crippen LogP contribution is -2.13. The van der Waals surface area contributed by atoms with Crippen LogP contribution in [0.25, 0.3) is 22.3 Å². The third-order valence-corrected chi connectivity index (χ3v) is 12.8. The molecule has 6 rings (SSSR count). The minimum Gasteiger partial charge on any atom is -0.300 e. The Balaban J connectivity index is 0.894. The molecule has 0 bridgehead atoms. The number of aryl methyl sites for hydroxylation is 2. The standard InChI is InChI=1S/C51H66O/c1-3-5-7-9-39-11-21-43(22-12-39)47-29-33-49(34-30-47)45-25-15-41(16-26-45)19-37-51(52)38-20-42-17-27-46(28-18-42)50-35-31-48(32-36-50)44-23-13-40(14-24-44)10-8-6-4-2/h15-18,25-36,39-40,43-44H,3-14,19-24,37-38H2,1-2H3/t39-,40?,43-,44?. The molecule has 0 unspecified atom stereocenters. The highest BCUT2D eigenvalue weighted by molar-refractivity contribution is 5.79. The Kier molecular flexibility index (Phi) is 14.8. The summed E-state index contributed by atoms with van der Waals surface area (Å²) in [5.41, 5.74) is 10.6. The molecule has 1 nitrogen and oxygen atoms in total. The Morgan fingerprint density at radius 2 is 0.769 bits per heavy atom. The minimum absolute atomic E-state index is 0.351. The van der Waals surface area contributed by atoms with Crippen LogP contribution in [0, 0.1) is 11.8 Å². The monoisotopic (exact) mass is 695 g/mol. The molecule has 52 heavy (non-hydrogen) atoms. The smallest absolute Gasteiger partial charge is 0.133 e. The quantitative estimate of drug-likeness (QED) is 0.0948. The van der Waals surface area contributed by atoms with Crippen molar-refractivity contribution in [3.8, 4) is 22.3 Å². The van der Waals surface area contributed by atoms with Crippen LogP contribution < -0.4 is 0 Å². The first kappa shape index (κ1) is 38.3. The topological polar surface area (TPSA) is 17.1 Å². The van der Waals surface area contributed by atoms with Crippen molar-refractivity contribution in [2.45, 2.75) is 154 Å². The van der Waals surface area contributed by atoms with Crippen LogP contribution in [0.2, 0.25) is 0 Å². The largest absolute Gasteiger partial charge is 0.300 e. The number of rotatable bonds is 18. The second kappa shape index (κ2) is 20.1. The Morgan fingerprint density at radius 3 is 1.10 bits per heavy atom. The summed E-state index contributed by atoms with van der Waals surface area (Å²) < 4.78 is 0. The first-order valence-corrected chi connectivity index (χ1v) is 21.5. The van der Waals surface area contributed by atoms with Crippen molar-refractivity contribution in [1.82, 2.24) is 0 Å². The van der Waals surface area contributed by atoms with Crippen LogP contribution in [-0.2, 0) is 17.6 Å². The van der Waals surface area contributed by atoms with Gasteiger partial charge in [-0.3, -0.25) is 4.79 Å². The molecule has 2 aliphatic carbocycles. The summed E-state index contributed by atoms with van der Waals surface area (Å²) >= 11 is 0. The van der Waals surface area contributed by atoms with Gasteiger partial charge in [-0.05, 0) is 132 Å². The number of benzene rings is 4. The Morgan fingerprint density at radius 1 is 0.442 bits per heavy atom. The summed E-state index contributed by atoms with van der Waals surface area (Å²) in [4.78, 5) is 12.8. The van der Waals surface area contributed by atoms with E-state index in [4.69, 9.17) is 0 Å². The lowest BCUT2D eigenvalue weighted by molar-refractivity contribution is -0.119. The van der Waals surface area contributed by atoms with Gasteiger partial charge >= 0.3 is 0 Å². The van der Waals surface area contributed by atoms with Crippen molar-refractivity contribution in [1.29, 1.82) is 0 Å². The van der Waals surface area contributed by atoms with E-state index in [0.717, 1.165) is 36.5 Å². The van der Waals surface area contributed by atoms with Gasteiger partial charge in [0.1, 0.15) is 5.78 Å². The molecule has 2 fully saturated rings. The van der Waals surface area contributed by atoms with Crippen LogP contribution in [0.5, 0.6) is 0 Å². The predicted octanol–water partition coefficient (Wildman–Crippen LogP) is 14.9. The van der Waals surface area contributed by atoms with Crippen LogP contribution in [-0.4, -0.2) is 5.78 Å². The fourth-order valence-electron chi connectivity index (χ4n) is 9.25. The number of hydrogen-bond acceptors (Lipinski definition) is 1. The van der Waals surface area contributed by atoms with Crippen LogP contribution in [0.1, 0.15) is 164 Å². The van der Waals surface area contributed by atoms with E-state index in [1.165, 1.54) is 147 Å². The summed E-state index contributed by atoms with van der Waals surface area (Å²) in [6.07, 6.45) is 25.0. The Labute approximate surface area is 317 Å². The maximum Gasteiger partial charge on any atom is 0.133 e. The lowest BCUT2D eigenvalue weighted by Gasteiger charge is -2.29. The minimum atomic E-state index is 0.351. The number of ketones is 1. The van der Waals surface area contributed by atoms with E-state index >= 15 is 0 Å². The molecule has 0 amide bonds. The zero-order valence-electron chi connectivity index (χ0n) is 32.6. The second-order valence-corrected chi connectivity index (χ2v) is 16.6. The number of Topliss-reactive ketones (excluding diaryl/α,β-unsaturated/α-hetero) is 1. The van der Waals surface area contributed by atoms with E-state index in [2.05, 4.69) is 111 Å². The van der Waals surface area contributed by atoms with Crippen molar-refractivity contribution in [2.24, 2.45) is 11.8 Å². The average Bonchev–Trinajstić information content (AvgIpc) is 3.20. The Hall–Kier alpha value is -3.45. The van der Waals surface area contributed by atoms with Gasteiger partial charge in [0.2, 0.25) is 0 Å². The van der Waals surface area contributed by atoms with Crippen LogP contribution in [0.4, 0.5) is 0 Å². The van der Waals surface area contributed by atoms with Gasteiger partial charge in [0.05, 0.1) is 0 Å². The summed E-state index contributed by atoms with van der Waals surface area (Å²) in [5, 5.41) is 0. The molecule has 0 aromatic heterocycles. The molecule has 0 N–H and O–H groups in total. The molecule has 0 spiro atoms. The SMILES string of the molecule is CCCCCC1CCC(c2ccc(-c3ccc(CCC(=O)CCc4ccc(-c5ccc([C@H]6CC[C@H](CCCCC)CC6)cc5)cc4)cc3)cc2)CC1. The second-order valence-electron chi connectivity index (χ2n) is 16.6. The molecule has 1 heteroatoms. The molecular formula is C51H66O. The highest BCUT2D eigenvalue weighted by atomic mass is 16.1. The van der Waals surface area contributed by atoms with Gasteiger partial charge in [-0.15, -0.1) is 0 Å². The molecule has 2 saturated carbocycles. The zero-order chi connectivity index (χ0) is 36.0. The van der Waals surface area contributed by atoms with Gasteiger partial charge in [0.25, 0.3) is 0 Å². The van der Waals surface area contributed by atoms with Crippen LogP contribution in [0.15, 0.2) is 97.1 Å². The molecule has 2 aliphatic rings. The summed E-state index contributed by atoms with van der Waals surface area (Å²) in [6, 6.07) is 36.5. The predicted molar refractivity (Wildman–Crippen MR) is 223 cm³/mol. The zero-order valence-corrected chi connectivity index (χ0v) is 32.6.